The fourth-order valence-corrected chi connectivity index (χ4v) is 2.75. The number of pyridine rings is 1. The summed E-state index contributed by atoms with van der Waals surface area (Å²) in [6, 6.07) is 2.04. The van der Waals surface area contributed by atoms with Crippen LogP contribution in [0, 0.1) is 13.8 Å². The summed E-state index contributed by atoms with van der Waals surface area (Å²) in [4.78, 5) is 23.8. The summed E-state index contributed by atoms with van der Waals surface area (Å²) < 4.78 is 0.648. The molecule has 0 saturated heterocycles. The molecule has 0 aromatic carbocycles. The molecular formula is C11H9N3OS. The summed E-state index contributed by atoms with van der Waals surface area (Å²) in [6.45, 7) is 3.98. The molecule has 0 atom stereocenters. The molecule has 0 bridgehead atoms. The van der Waals surface area contributed by atoms with E-state index in [1.54, 1.807) is 0 Å². The molecule has 3 aromatic rings. The van der Waals surface area contributed by atoms with E-state index in [9.17, 15) is 4.79 Å². The van der Waals surface area contributed by atoms with Gasteiger partial charge >= 0.3 is 0 Å². The highest BCUT2D eigenvalue weighted by Gasteiger charge is 2.11. The van der Waals surface area contributed by atoms with Gasteiger partial charge in [-0.1, -0.05) is 0 Å². The largest absolute Gasteiger partial charge is 0.312 e. The van der Waals surface area contributed by atoms with Crippen LogP contribution in [0.4, 0.5) is 0 Å². The van der Waals surface area contributed by atoms with Crippen molar-refractivity contribution in [2.75, 3.05) is 0 Å². The second kappa shape index (κ2) is 3.12. The van der Waals surface area contributed by atoms with Crippen LogP contribution < -0.4 is 5.56 Å². The zero-order chi connectivity index (χ0) is 11.3. The van der Waals surface area contributed by atoms with Gasteiger partial charge in [0.15, 0.2) is 0 Å². The van der Waals surface area contributed by atoms with Crippen LogP contribution >= 0.6 is 11.3 Å². The Morgan fingerprint density at radius 3 is 3.00 bits per heavy atom. The van der Waals surface area contributed by atoms with Gasteiger partial charge in [0.25, 0.3) is 5.56 Å². The molecule has 5 heteroatoms. The van der Waals surface area contributed by atoms with Crippen molar-refractivity contribution in [3.05, 3.63) is 34.0 Å². The Hall–Kier alpha value is -1.75. The molecule has 16 heavy (non-hydrogen) atoms. The minimum atomic E-state index is -0.0942. The first-order chi connectivity index (χ1) is 7.66. The van der Waals surface area contributed by atoms with Gasteiger partial charge in [0.1, 0.15) is 9.53 Å². The van der Waals surface area contributed by atoms with Crippen LogP contribution in [0.3, 0.4) is 0 Å². The molecule has 0 amide bonds. The maximum atomic E-state index is 11.6. The van der Waals surface area contributed by atoms with E-state index in [1.165, 1.54) is 17.7 Å². The summed E-state index contributed by atoms with van der Waals surface area (Å²) in [5, 5.41) is 0.967. The molecule has 3 aromatic heterocycles. The Labute approximate surface area is 95.0 Å². The SMILES string of the molecule is Cc1cc2c(nc1C)sc1c(=O)[nH]cnc12. The van der Waals surface area contributed by atoms with Crippen molar-refractivity contribution >= 4 is 31.8 Å². The third kappa shape index (κ3) is 1.18. The van der Waals surface area contributed by atoms with E-state index in [1.807, 2.05) is 19.9 Å². The summed E-state index contributed by atoms with van der Waals surface area (Å²) in [5.41, 5.74) is 2.77. The first-order valence-electron chi connectivity index (χ1n) is 4.91. The van der Waals surface area contributed by atoms with Crippen molar-refractivity contribution in [2.24, 2.45) is 0 Å². The molecule has 3 heterocycles. The predicted octanol–water partition coefficient (Wildman–Crippen LogP) is 2.15. The molecule has 0 fully saturated rings. The number of hydrogen-bond acceptors (Lipinski definition) is 4. The van der Waals surface area contributed by atoms with Crippen LogP contribution in [-0.2, 0) is 0 Å². The molecule has 3 rings (SSSR count). The number of H-pyrrole nitrogens is 1. The molecule has 0 radical (unpaired) electrons. The quantitative estimate of drug-likeness (QED) is 0.645. The Morgan fingerprint density at radius 2 is 2.19 bits per heavy atom. The third-order valence-electron chi connectivity index (χ3n) is 2.70. The maximum Gasteiger partial charge on any atom is 0.268 e. The van der Waals surface area contributed by atoms with Gasteiger partial charge in [0.2, 0.25) is 0 Å². The van der Waals surface area contributed by atoms with Crippen LogP contribution in [0.5, 0.6) is 0 Å². The third-order valence-corrected chi connectivity index (χ3v) is 3.78. The summed E-state index contributed by atoms with van der Waals surface area (Å²) in [6.07, 6.45) is 1.44. The fraction of sp³-hybridized carbons (Fsp3) is 0.182. The Morgan fingerprint density at radius 1 is 1.38 bits per heavy atom. The molecule has 80 valence electrons. The fourth-order valence-electron chi connectivity index (χ4n) is 1.70. The molecule has 1 N–H and O–H groups in total. The lowest BCUT2D eigenvalue weighted by Gasteiger charge is -1.97. The zero-order valence-electron chi connectivity index (χ0n) is 8.87. The van der Waals surface area contributed by atoms with Gasteiger partial charge < -0.3 is 4.98 Å². The lowest BCUT2D eigenvalue weighted by atomic mass is 10.2. The molecule has 0 unspecified atom stereocenters. The monoisotopic (exact) mass is 231 g/mol. The first-order valence-corrected chi connectivity index (χ1v) is 5.72. The van der Waals surface area contributed by atoms with Crippen molar-refractivity contribution in [1.29, 1.82) is 0 Å². The first kappa shape index (κ1) is 9.47. The highest BCUT2D eigenvalue weighted by Crippen LogP contribution is 2.29. The van der Waals surface area contributed by atoms with Gasteiger partial charge in [0, 0.05) is 11.1 Å². The Kier molecular flexibility index (Phi) is 1.85. The molecule has 0 aliphatic heterocycles. The maximum absolute atomic E-state index is 11.6. The second-order valence-corrected chi connectivity index (χ2v) is 4.75. The van der Waals surface area contributed by atoms with Crippen molar-refractivity contribution in [3.63, 3.8) is 0 Å². The number of nitrogens with one attached hydrogen (secondary N) is 1. The number of aryl methyl sites for hydroxylation is 2. The number of rotatable bonds is 0. The van der Waals surface area contributed by atoms with E-state index in [2.05, 4.69) is 15.0 Å². The number of fused-ring (bicyclic) bond motifs is 3. The Bertz CT molecular complexity index is 757. The van der Waals surface area contributed by atoms with E-state index in [4.69, 9.17) is 0 Å². The van der Waals surface area contributed by atoms with E-state index >= 15 is 0 Å². The van der Waals surface area contributed by atoms with Gasteiger partial charge in [0.05, 0.1) is 11.8 Å². The molecule has 0 aliphatic rings. The summed E-state index contributed by atoms with van der Waals surface area (Å²) in [5.74, 6) is 0. The van der Waals surface area contributed by atoms with Gasteiger partial charge in [-0.05, 0) is 25.5 Å². The predicted molar refractivity (Wildman–Crippen MR) is 65.0 cm³/mol. The zero-order valence-corrected chi connectivity index (χ0v) is 9.68. The molecular weight excluding hydrogens is 222 g/mol. The Balaban J connectivity index is 2.61. The smallest absolute Gasteiger partial charge is 0.268 e. The highest BCUT2D eigenvalue weighted by molar-refractivity contribution is 7.25. The number of aromatic nitrogens is 3. The second-order valence-electron chi connectivity index (χ2n) is 3.75. The van der Waals surface area contributed by atoms with Crippen LogP contribution in [0.1, 0.15) is 11.3 Å². The van der Waals surface area contributed by atoms with E-state index < -0.39 is 0 Å². The molecule has 4 nitrogen and oxygen atoms in total. The number of hydrogen-bond donors (Lipinski definition) is 1. The average molecular weight is 231 g/mol. The normalized spacial score (nSPS) is 11.4. The van der Waals surface area contributed by atoms with Gasteiger partial charge in [-0.15, -0.1) is 11.3 Å². The molecule has 0 aliphatic carbocycles. The number of nitrogens with zero attached hydrogens (tertiary/aromatic N) is 2. The van der Waals surface area contributed by atoms with Gasteiger partial charge in [-0.2, -0.15) is 0 Å². The van der Waals surface area contributed by atoms with Crippen molar-refractivity contribution in [3.8, 4) is 0 Å². The van der Waals surface area contributed by atoms with E-state index in [-0.39, 0.29) is 5.56 Å². The van der Waals surface area contributed by atoms with Crippen molar-refractivity contribution < 1.29 is 0 Å². The minimum Gasteiger partial charge on any atom is -0.312 e. The van der Waals surface area contributed by atoms with Crippen LogP contribution in [0.2, 0.25) is 0 Å². The summed E-state index contributed by atoms with van der Waals surface area (Å²) >= 11 is 1.39. The van der Waals surface area contributed by atoms with Crippen LogP contribution in [0.15, 0.2) is 17.2 Å². The highest BCUT2D eigenvalue weighted by atomic mass is 32.1. The lowest BCUT2D eigenvalue weighted by molar-refractivity contribution is 1.18. The topological polar surface area (TPSA) is 58.6 Å². The number of thiophene rings is 1. The lowest BCUT2D eigenvalue weighted by Crippen LogP contribution is -2.03. The van der Waals surface area contributed by atoms with Crippen LogP contribution in [0.25, 0.3) is 20.4 Å². The van der Waals surface area contributed by atoms with Crippen LogP contribution in [-0.4, -0.2) is 15.0 Å². The van der Waals surface area contributed by atoms with Gasteiger partial charge in [-0.3, -0.25) is 4.79 Å². The minimum absolute atomic E-state index is 0.0942. The standard InChI is InChI=1S/C11H9N3OS/c1-5-3-7-8-9(10(15)13-4-12-8)16-11(7)14-6(5)2/h3-4H,1-2H3,(H,12,13,15). The van der Waals surface area contributed by atoms with E-state index in [0.29, 0.717) is 4.70 Å². The van der Waals surface area contributed by atoms with Gasteiger partial charge in [-0.25, -0.2) is 9.97 Å². The number of aromatic amines is 1. The summed E-state index contributed by atoms with van der Waals surface area (Å²) in [7, 11) is 0. The average Bonchev–Trinajstić information content (AvgIpc) is 2.59. The van der Waals surface area contributed by atoms with E-state index in [0.717, 1.165) is 27.0 Å². The molecule has 0 spiro atoms. The molecule has 0 saturated carbocycles. The van der Waals surface area contributed by atoms with Crippen molar-refractivity contribution in [2.45, 2.75) is 13.8 Å². The van der Waals surface area contributed by atoms with Crippen molar-refractivity contribution in [1.82, 2.24) is 15.0 Å².